The van der Waals surface area contributed by atoms with E-state index in [0.29, 0.717) is 17.1 Å². The lowest BCUT2D eigenvalue weighted by atomic mass is 9.81. The van der Waals surface area contributed by atoms with E-state index in [0.717, 1.165) is 33.8 Å². The summed E-state index contributed by atoms with van der Waals surface area (Å²) < 4.78 is 11.9. The number of allylic oxidation sites excluding steroid dienone is 1. The second-order valence-corrected chi connectivity index (χ2v) is 8.46. The van der Waals surface area contributed by atoms with Gasteiger partial charge in [0.05, 0.1) is 18.5 Å². The summed E-state index contributed by atoms with van der Waals surface area (Å²) >= 11 is 0. The van der Waals surface area contributed by atoms with E-state index in [1.807, 2.05) is 79.0 Å². The summed E-state index contributed by atoms with van der Waals surface area (Å²) in [5.74, 6) is 1.93. The number of nitrogens with zero attached hydrogens (tertiary/aromatic N) is 1. The van der Waals surface area contributed by atoms with Crippen molar-refractivity contribution in [1.29, 1.82) is 0 Å². The summed E-state index contributed by atoms with van der Waals surface area (Å²) in [5.41, 5.74) is 5.41. The lowest BCUT2D eigenvalue weighted by Gasteiger charge is -2.30. The molecule has 0 aliphatic carbocycles. The molecule has 1 aliphatic rings. The topological polar surface area (TPSA) is 59.9 Å². The highest BCUT2D eigenvalue weighted by molar-refractivity contribution is 5.96. The van der Waals surface area contributed by atoms with Gasteiger partial charge in [0.1, 0.15) is 17.3 Å². The van der Waals surface area contributed by atoms with E-state index in [1.54, 1.807) is 19.2 Å². The van der Waals surface area contributed by atoms with Crippen molar-refractivity contribution >= 4 is 29.3 Å². The van der Waals surface area contributed by atoms with E-state index in [9.17, 15) is 4.79 Å². The van der Waals surface area contributed by atoms with Crippen LogP contribution in [0.5, 0.6) is 11.5 Å². The lowest BCUT2D eigenvalue weighted by Crippen LogP contribution is -2.17. The van der Waals surface area contributed by atoms with E-state index in [4.69, 9.17) is 14.5 Å². The number of ether oxygens (including phenoxy) is 2. The van der Waals surface area contributed by atoms with Crippen molar-refractivity contribution in [3.05, 3.63) is 125 Å². The molecule has 1 amide bonds. The minimum Gasteiger partial charge on any atom is -0.495 e. The van der Waals surface area contributed by atoms with Crippen LogP contribution >= 0.6 is 0 Å². The Hall–Kier alpha value is -4.64. The van der Waals surface area contributed by atoms with Gasteiger partial charge < -0.3 is 14.8 Å². The fourth-order valence-electron chi connectivity index (χ4n) is 4.44. The number of fused-ring (bicyclic) bond motifs is 1. The van der Waals surface area contributed by atoms with Crippen LogP contribution in [0.4, 0.5) is 11.4 Å². The normalized spacial score (nSPS) is 14.8. The molecule has 0 saturated carbocycles. The fraction of sp³-hybridized carbons (Fsp3) is 0.0968. The molecule has 4 aromatic rings. The first kappa shape index (κ1) is 23.1. The number of anilines is 1. The van der Waals surface area contributed by atoms with Gasteiger partial charge in [0.15, 0.2) is 0 Å². The first-order valence-corrected chi connectivity index (χ1v) is 11.7. The quantitative estimate of drug-likeness (QED) is 0.306. The summed E-state index contributed by atoms with van der Waals surface area (Å²) in [7, 11) is 1.57. The number of benzene rings is 4. The van der Waals surface area contributed by atoms with Crippen LogP contribution in [0.15, 0.2) is 114 Å². The number of methoxy groups -OCH3 is 1. The third kappa shape index (κ3) is 4.77. The van der Waals surface area contributed by atoms with E-state index in [1.165, 1.54) is 6.92 Å². The zero-order chi connectivity index (χ0) is 24.9. The Morgan fingerprint density at radius 2 is 1.61 bits per heavy atom. The minimum absolute atomic E-state index is 0.0665. The van der Waals surface area contributed by atoms with Crippen molar-refractivity contribution in [3.8, 4) is 11.5 Å². The smallest absolute Gasteiger partial charge is 0.221 e. The van der Waals surface area contributed by atoms with Crippen molar-refractivity contribution in [2.75, 3.05) is 12.4 Å². The molecule has 1 atom stereocenters. The molecule has 0 spiro atoms. The SMILES string of the molecule is COc1ccc(N=CC2=C(c3ccccc3)Oc3ccccc3[C@@H]2c2ccccc2)cc1NC(C)=O. The zero-order valence-electron chi connectivity index (χ0n) is 20.1. The molecule has 0 unspecified atom stereocenters. The minimum atomic E-state index is -0.176. The Morgan fingerprint density at radius 1 is 0.917 bits per heavy atom. The maximum Gasteiger partial charge on any atom is 0.221 e. The van der Waals surface area contributed by atoms with E-state index >= 15 is 0 Å². The van der Waals surface area contributed by atoms with Crippen LogP contribution in [0.3, 0.4) is 0 Å². The lowest BCUT2D eigenvalue weighted by molar-refractivity contribution is -0.114. The van der Waals surface area contributed by atoms with Gasteiger partial charge in [0.2, 0.25) is 5.91 Å². The molecule has 36 heavy (non-hydrogen) atoms. The molecule has 0 aromatic heterocycles. The molecule has 5 heteroatoms. The molecule has 4 aromatic carbocycles. The van der Waals surface area contributed by atoms with Gasteiger partial charge in [-0.1, -0.05) is 78.9 Å². The van der Waals surface area contributed by atoms with Crippen LogP contribution in [0.25, 0.3) is 5.76 Å². The van der Waals surface area contributed by atoms with Gasteiger partial charge in [-0.2, -0.15) is 0 Å². The van der Waals surface area contributed by atoms with Crippen molar-refractivity contribution in [2.24, 2.45) is 4.99 Å². The average molecular weight is 475 g/mol. The third-order valence-corrected chi connectivity index (χ3v) is 6.03. The Balaban J connectivity index is 1.67. The molecule has 5 nitrogen and oxygen atoms in total. The molecular formula is C31H26N2O3. The molecule has 0 fully saturated rings. The van der Waals surface area contributed by atoms with Gasteiger partial charge in [0, 0.05) is 35.8 Å². The van der Waals surface area contributed by atoms with Gasteiger partial charge in [-0.05, 0) is 29.8 Å². The average Bonchev–Trinajstić information content (AvgIpc) is 2.92. The van der Waals surface area contributed by atoms with Gasteiger partial charge in [-0.15, -0.1) is 0 Å². The number of carbonyl (C=O) groups excluding carboxylic acids is 1. The predicted molar refractivity (Wildman–Crippen MR) is 144 cm³/mol. The maximum absolute atomic E-state index is 11.7. The standard InChI is InChI=1S/C31H26N2O3/c1-21(34)33-27-19-24(17-18-29(27)35-2)32-20-26-30(22-11-5-3-6-12-22)25-15-9-10-16-28(25)36-31(26)23-13-7-4-8-14-23/h3-20,30H,1-2H3,(H,33,34)/t30-/m0/s1. The monoisotopic (exact) mass is 474 g/mol. The molecule has 1 aliphatic heterocycles. The highest BCUT2D eigenvalue weighted by Gasteiger charge is 2.30. The highest BCUT2D eigenvalue weighted by Crippen LogP contribution is 2.45. The number of para-hydroxylation sites is 1. The Bertz CT molecular complexity index is 1440. The van der Waals surface area contributed by atoms with Gasteiger partial charge in [0.25, 0.3) is 0 Å². The van der Waals surface area contributed by atoms with Crippen molar-refractivity contribution in [1.82, 2.24) is 0 Å². The van der Waals surface area contributed by atoms with Gasteiger partial charge in [-0.3, -0.25) is 9.79 Å². The largest absolute Gasteiger partial charge is 0.495 e. The number of amides is 1. The van der Waals surface area contributed by atoms with Gasteiger partial charge in [-0.25, -0.2) is 0 Å². The van der Waals surface area contributed by atoms with Crippen LogP contribution in [0.1, 0.15) is 29.5 Å². The second-order valence-electron chi connectivity index (χ2n) is 8.46. The Morgan fingerprint density at radius 3 is 2.33 bits per heavy atom. The molecule has 0 bridgehead atoms. The summed E-state index contributed by atoms with van der Waals surface area (Å²) in [4.78, 5) is 16.5. The Kier molecular flexibility index (Phi) is 6.63. The third-order valence-electron chi connectivity index (χ3n) is 6.03. The van der Waals surface area contributed by atoms with Crippen LogP contribution in [0.2, 0.25) is 0 Å². The fourth-order valence-corrected chi connectivity index (χ4v) is 4.44. The van der Waals surface area contributed by atoms with Crippen LogP contribution in [-0.4, -0.2) is 19.2 Å². The van der Waals surface area contributed by atoms with Crippen LogP contribution in [-0.2, 0) is 4.79 Å². The van der Waals surface area contributed by atoms with E-state index in [2.05, 4.69) is 23.5 Å². The van der Waals surface area contributed by atoms with Crippen LogP contribution in [0, 0.1) is 0 Å². The Labute approximate surface area is 210 Å². The molecule has 5 rings (SSSR count). The summed E-state index contributed by atoms with van der Waals surface area (Å²) in [6.07, 6.45) is 1.87. The molecule has 1 N–H and O–H groups in total. The number of rotatable bonds is 6. The number of nitrogens with one attached hydrogen (secondary N) is 1. The van der Waals surface area contributed by atoms with E-state index in [-0.39, 0.29) is 11.8 Å². The number of hydrogen-bond donors (Lipinski definition) is 1. The summed E-state index contributed by atoms with van der Waals surface area (Å²) in [6.45, 7) is 1.47. The highest BCUT2D eigenvalue weighted by atomic mass is 16.5. The second kappa shape index (κ2) is 10.3. The first-order valence-electron chi connectivity index (χ1n) is 11.7. The van der Waals surface area contributed by atoms with Crippen molar-refractivity contribution in [3.63, 3.8) is 0 Å². The first-order chi connectivity index (χ1) is 17.6. The molecular weight excluding hydrogens is 448 g/mol. The number of carbonyl (C=O) groups is 1. The number of aliphatic imine (C=N–C) groups is 1. The number of hydrogen-bond acceptors (Lipinski definition) is 4. The van der Waals surface area contributed by atoms with Crippen LogP contribution < -0.4 is 14.8 Å². The molecule has 1 heterocycles. The zero-order valence-corrected chi connectivity index (χ0v) is 20.1. The van der Waals surface area contributed by atoms with E-state index < -0.39 is 0 Å². The molecule has 0 radical (unpaired) electrons. The van der Waals surface area contributed by atoms with Gasteiger partial charge >= 0.3 is 0 Å². The molecule has 0 saturated heterocycles. The van der Waals surface area contributed by atoms with Crippen molar-refractivity contribution < 1.29 is 14.3 Å². The van der Waals surface area contributed by atoms with Crippen molar-refractivity contribution in [2.45, 2.75) is 12.8 Å². The predicted octanol–water partition coefficient (Wildman–Crippen LogP) is 6.99. The summed E-state index contributed by atoms with van der Waals surface area (Å²) in [6, 6.07) is 34.0. The molecule has 178 valence electrons. The summed E-state index contributed by atoms with van der Waals surface area (Å²) in [5, 5.41) is 2.81. The maximum atomic E-state index is 11.7.